The number of rotatable bonds is 2. The molecule has 1 aromatic rings. The maximum atomic E-state index is 13.2. The van der Waals surface area contributed by atoms with Crippen LogP contribution in [0.15, 0.2) is 88.6 Å². The topological polar surface area (TPSA) is 41.5 Å². The maximum absolute atomic E-state index is 13.2. The van der Waals surface area contributed by atoms with E-state index in [4.69, 9.17) is 0 Å². The molecule has 1 N–H and O–H groups in total. The van der Waals surface area contributed by atoms with Crippen LogP contribution in [-0.2, 0) is 0 Å². The first-order valence-electron chi connectivity index (χ1n) is 7.40. The first-order valence-corrected chi connectivity index (χ1v) is 8.26. The first kappa shape index (κ1) is 16.4. The second kappa shape index (κ2) is 7.39. The van der Waals surface area contributed by atoms with Gasteiger partial charge in [-0.05, 0) is 0 Å². The summed E-state index contributed by atoms with van der Waals surface area (Å²) in [6, 6.07) is 5.52. The number of amides is 1. The van der Waals surface area contributed by atoms with E-state index in [1.807, 2.05) is 30.4 Å². The predicted molar refractivity (Wildman–Crippen MR) is 94.2 cm³/mol. The average molecular weight is 384 g/mol. The molecule has 0 saturated heterocycles. The molecule has 0 unspecified atom stereocenters. The van der Waals surface area contributed by atoms with Gasteiger partial charge >= 0.3 is 148 Å². The molecule has 2 aliphatic carbocycles. The summed E-state index contributed by atoms with van der Waals surface area (Å²) in [5, 5.41) is 2.62. The summed E-state index contributed by atoms with van der Waals surface area (Å²) in [4.78, 5) is 16.4. The number of halogens is 1. The van der Waals surface area contributed by atoms with Crippen LogP contribution in [0.25, 0.3) is 0 Å². The molecular formula is C19H14FN2OSe. The molecule has 0 bridgehead atoms. The van der Waals surface area contributed by atoms with Gasteiger partial charge in [0.15, 0.2) is 0 Å². The molecule has 0 heterocycles. The monoisotopic (exact) mass is 385 g/mol. The third-order valence-corrected chi connectivity index (χ3v) is 3.96. The van der Waals surface area contributed by atoms with Gasteiger partial charge in [0.2, 0.25) is 0 Å². The van der Waals surface area contributed by atoms with Gasteiger partial charge in [-0.3, -0.25) is 0 Å². The zero-order valence-corrected chi connectivity index (χ0v) is 14.4. The molecule has 2 aliphatic rings. The number of allylic oxidation sites excluding steroid dienone is 9. The quantitative estimate of drug-likeness (QED) is 0.474. The molecule has 0 aliphatic heterocycles. The van der Waals surface area contributed by atoms with Gasteiger partial charge in [0.25, 0.3) is 0 Å². The fourth-order valence-corrected chi connectivity index (χ4v) is 2.78. The number of hydrogen-bond donors (Lipinski definition) is 1. The van der Waals surface area contributed by atoms with Crippen LogP contribution in [0.3, 0.4) is 0 Å². The zero-order valence-electron chi connectivity index (χ0n) is 12.7. The standard InChI is InChI=1S/C19H14FN2OSe/c20-16-7-3-6-15(12-16)18(23)22-19(24)21-17-10-8-14(9-11-17)13-4-1-2-5-13/h1-8,10-12H,9H2,(H,21,22,23). The number of amidine groups is 1. The molecule has 0 spiro atoms. The van der Waals surface area contributed by atoms with Crippen molar-refractivity contribution >= 4 is 26.7 Å². The van der Waals surface area contributed by atoms with Crippen LogP contribution in [-0.4, -0.2) is 26.7 Å². The number of benzene rings is 1. The van der Waals surface area contributed by atoms with Crippen LogP contribution in [0, 0.1) is 5.82 Å². The second-order valence-electron chi connectivity index (χ2n) is 5.25. The van der Waals surface area contributed by atoms with E-state index in [0.717, 1.165) is 12.1 Å². The van der Waals surface area contributed by atoms with Crippen molar-refractivity contribution in [2.75, 3.05) is 0 Å². The van der Waals surface area contributed by atoms with E-state index in [1.165, 1.54) is 29.3 Å². The Morgan fingerprint density at radius 2 is 1.96 bits per heavy atom. The number of hydrogen-bond acceptors (Lipinski definition) is 2. The molecule has 0 saturated carbocycles. The van der Waals surface area contributed by atoms with Crippen LogP contribution < -0.4 is 5.32 Å². The Labute approximate surface area is 147 Å². The van der Waals surface area contributed by atoms with E-state index in [0.29, 0.717) is 4.73 Å². The van der Waals surface area contributed by atoms with E-state index in [1.54, 1.807) is 6.07 Å². The van der Waals surface area contributed by atoms with E-state index < -0.39 is 11.7 Å². The summed E-state index contributed by atoms with van der Waals surface area (Å²) in [5.41, 5.74) is 3.44. The molecule has 0 atom stereocenters. The average Bonchev–Trinajstić information content (AvgIpc) is 3.10. The van der Waals surface area contributed by atoms with Crippen LogP contribution in [0.1, 0.15) is 16.8 Å². The van der Waals surface area contributed by atoms with Crippen molar-refractivity contribution in [2.24, 2.45) is 4.99 Å². The van der Waals surface area contributed by atoms with Crippen molar-refractivity contribution in [3.8, 4) is 0 Å². The van der Waals surface area contributed by atoms with Gasteiger partial charge in [-0.25, -0.2) is 0 Å². The summed E-state index contributed by atoms with van der Waals surface area (Å²) in [6.45, 7) is 0. The minimum absolute atomic E-state index is 0.248. The van der Waals surface area contributed by atoms with Gasteiger partial charge in [0, 0.05) is 0 Å². The normalized spacial score (nSPS) is 16.5. The Balaban J connectivity index is 1.66. The van der Waals surface area contributed by atoms with Crippen molar-refractivity contribution in [3.63, 3.8) is 0 Å². The Kier molecular flexibility index (Phi) is 5.04. The molecule has 3 nitrogen and oxygen atoms in total. The Morgan fingerprint density at radius 3 is 2.62 bits per heavy atom. The van der Waals surface area contributed by atoms with Gasteiger partial charge in [0.1, 0.15) is 0 Å². The summed E-state index contributed by atoms with van der Waals surface area (Å²) >= 11 is 2.72. The van der Waals surface area contributed by atoms with Crippen LogP contribution in [0.5, 0.6) is 0 Å². The summed E-state index contributed by atoms with van der Waals surface area (Å²) in [7, 11) is 0. The van der Waals surface area contributed by atoms with Crippen LogP contribution >= 0.6 is 0 Å². The summed E-state index contributed by atoms with van der Waals surface area (Å²) < 4.78 is 13.5. The van der Waals surface area contributed by atoms with E-state index in [2.05, 4.69) is 38.5 Å². The number of aliphatic imine (C=N–C) groups is 1. The van der Waals surface area contributed by atoms with Gasteiger partial charge in [-0.1, -0.05) is 0 Å². The Hall–Kier alpha value is -2.49. The fraction of sp³-hybridized carbons (Fsp3) is 0.0526. The van der Waals surface area contributed by atoms with Crippen LogP contribution in [0.4, 0.5) is 4.39 Å². The van der Waals surface area contributed by atoms with Crippen molar-refractivity contribution in [1.29, 1.82) is 0 Å². The van der Waals surface area contributed by atoms with Crippen molar-refractivity contribution in [1.82, 2.24) is 5.32 Å². The van der Waals surface area contributed by atoms with Gasteiger partial charge in [-0.2, -0.15) is 0 Å². The molecule has 24 heavy (non-hydrogen) atoms. The number of carbonyl (C=O) groups is 1. The number of nitrogens with one attached hydrogen (secondary N) is 1. The molecule has 119 valence electrons. The third kappa shape index (κ3) is 4.07. The predicted octanol–water partition coefficient (Wildman–Crippen LogP) is 3.35. The van der Waals surface area contributed by atoms with E-state index >= 15 is 0 Å². The molecule has 5 heteroatoms. The SMILES string of the molecule is O=C(NC([Se])=NC1=CCC(=C2C=CC=C2)C=C1)c1cccc(F)c1. The molecule has 1 aromatic carbocycles. The number of carbonyl (C=O) groups excluding carboxylic acids is 1. The molecule has 3 rings (SSSR count). The van der Waals surface area contributed by atoms with Crippen LogP contribution in [0.2, 0.25) is 0 Å². The second-order valence-corrected chi connectivity index (χ2v) is 6.06. The van der Waals surface area contributed by atoms with Gasteiger partial charge < -0.3 is 0 Å². The Morgan fingerprint density at radius 1 is 1.17 bits per heavy atom. The van der Waals surface area contributed by atoms with Crippen molar-refractivity contribution in [2.45, 2.75) is 6.42 Å². The molecule has 0 aromatic heterocycles. The molecular weight excluding hydrogens is 370 g/mol. The third-order valence-electron chi connectivity index (χ3n) is 3.56. The van der Waals surface area contributed by atoms with E-state index in [-0.39, 0.29) is 5.56 Å². The minimum atomic E-state index is -0.449. The van der Waals surface area contributed by atoms with Crippen molar-refractivity contribution < 1.29 is 9.18 Å². The van der Waals surface area contributed by atoms with Crippen molar-refractivity contribution in [3.05, 3.63) is 95.0 Å². The Bertz CT molecular complexity index is 846. The molecule has 0 fully saturated rings. The van der Waals surface area contributed by atoms with Gasteiger partial charge in [-0.15, -0.1) is 0 Å². The molecule has 1 radical (unpaired) electrons. The summed E-state index contributed by atoms with van der Waals surface area (Å²) in [6.07, 6.45) is 14.9. The zero-order chi connectivity index (χ0) is 16.9. The fourth-order valence-electron chi connectivity index (χ4n) is 2.37. The first-order chi connectivity index (χ1) is 11.6. The van der Waals surface area contributed by atoms with E-state index in [9.17, 15) is 9.18 Å². The van der Waals surface area contributed by atoms with Gasteiger partial charge in [0.05, 0.1) is 0 Å². The summed E-state index contributed by atoms with van der Waals surface area (Å²) in [5.74, 6) is -0.855. The number of nitrogens with zero attached hydrogens (tertiary/aromatic N) is 1. The molecule has 1 amide bonds.